The van der Waals surface area contributed by atoms with Gasteiger partial charge in [0, 0.05) is 41.9 Å². The average Bonchev–Trinajstić information content (AvgIpc) is 3.42. The Labute approximate surface area is 225 Å². The van der Waals surface area contributed by atoms with E-state index in [-0.39, 0.29) is 29.1 Å². The number of nitriles is 1. The predicted molar refractivity (Wildman–Crippen MR) is 143 cm³/mol. The summed E-state index contributed by atoms with van der Waals surface area (Å²) in [7, 11) is 0. The van der Waals surface area contributed by atoms with Gasteiger partial charge in [0.05, 0.1) is 34.7 Å². The lowest BCUT2D eigenvalue weighted by molar-refractivity contribution is -0.134. The first-order chi connectivity index (χ1) is 18.3. The smallest absolute Gasteiger partial charge is 0.354 e. The van der Waals surface area contributed by atoms with E-state index in [0.29, 0.717) is 42.8 Å². The third kappa shape index (κ3) is 4.56. The molecule has 0 spiro atoms. The van der Waals surface area contributed by atoms with Gasteiger partial charge in [-0.2, -0.15) is 10.4 Å². The molecule has 1 saturated heterocycles. The standard InChI is InChI=1S/C28H31N7O4/c1-15-11-34(26(39)28(14-29)7-8-28)13-20(15)32-22-18(24(30)36)10-31-35-12-16(9-21(22)35)17-5-6-19(25(37)38)33-23(17)27(2,3)4/h5-6,9-10,12,15,20,32H,7-8,11,13H2,1-4H3,(H2,30,36)(H,37,38)/t15-,20+/m0/s1. The van der Waals surface area contributed by atoms with Crippen molar-refractivity contribution in [3.8, 4) is 17.2 Å². The number of nitrogens with one attached hydrogen (secondary N) is 1. The minimum Gasteiger partial charge on any atom is -0.477 e. The summed E-state index contributed by atoms with van der Waals surface area (Å²) in [5, 5.41) is 26.8. The summed E-state index contributed by atoms with van der Waals surface area (Å²) in [6, 6.07) is 7.08. The van der Waals surface area contributed by atoms with Crippen LogP contribution in [0.3, 0.4) is 0 Å². The van der Waals surface area contributed by atoms with Gasteiger partial charge in [-0.3, -0.25) is 9.59 Å². The predicted octanol–water partition coefficient (Wildman–Crippen LogP) is 3.05. The second-order valence-corrected chi connectivity index (χ2v) is 11.6. The number of amides is 2. The number of nitrogens with two attached hydrogens (primary N) is 1. The molecule has 2 amide bonds. The molecule has 11 nitrogen and oxygen atoms in total. The van der Waals surface area contributed by atoms with Gasteiger partial charge >= 0.3 is 5.97 Å². The number of carboxylic acid groups (broad SMARTS) is 1. The van der Waals surface area contributed by atoms with Gasteiger partial charge in [-0.25, -0.2) is 14.3 Å². The molecular weight excluding hydrogens is 498 g/mol. The molecule has 3 aromatic heterocycles. The van der Waals surface area contributed by atoms with Gasteiger partial charge < -0.3 is 21.1 Å². The third-order valence-corrected chi connectivity index (χ3v) is 7.64. The zero-order valence-electron chi connectivity index (χ0n) is 22.4. The number of primary amides is 1. The largest absolute Gasteiger partial charge is 0.477 e. The minimum atomic E-state index is -1.10. The Morgan fingerprint density at radius 1 is 1.23 bits per heavy atom. The van der Waals surface area contributed by atoms with E-state index in [1.807, 2.05) is 33.8 Å². The highest BCUT2D eigenvalue weighted by Gasteiger charge is 2.54. The van der Waals surface area contributed by atoms with E-state index in [2.05, 4.69) is 21.5 Å². The van der Waals surface area contributed by atoms with Gasteiger partial charge in [-0.05, 0) is 30.9 Å². The van der Waals surface area contributed by atoms with Gasteiger partial charge in [0.15, 0.2) is 0 Å². The Morgan fingerprint density at radius 3 is 2.54 bits per heavy atom. The number of carboxylic acids is 1. The van der Waals surface area contributed by atoms with Crippen LogP contribution in [0.2, 0.25) is 0 Å². The molecule has 11 heteroatoms. The Bertz CT molecular complexity index is 1560. The number of aromatic carboxylic acids is 1. The number of fused-ring (bicyclic) bond motifs is 1. The van der Waals surface area contributed by atoms with Crippen LogP contribution in [-0.2, 0) is 10.2 Å². The molecule has 202 valence electrons. The molecule has 3 aromatic rings. The molecule has 1 aliphatic carbocycles. The van der Waals surface area contributed by atoms with Crippen molar-refractivity contribution in [2.24, 2.45) is 17.1 Å². The van der Waals surface area contributed by atoms with Crippen molar-refractivity contribution in [1.29, 1.82) is 5.26 Å². The second kappa shape index (κ2) is 9.08. The van der Waals surface area contributed by atoms with Crippen molar-refractivity contribution in [3.63, 3.8) is 0 Å². The van der Waals surface area contributed by atoms with Crippen LogP contribution in [0.4, 0.5) is 5.69 Å². The van der Waals surface area contributed by atoms with Gasteiger partial charge in [0.2, 0.25) is 5.91 Å². The van der Waals surface area contributed by atoms with Crippen molar-refractivity contribution in [3.05, 3.63) is 47.5 Å². The fourth-order valence-electron chi connectivity index (χ4n) is 5.23. The molecule has 5 rings (SSSR count). The summed E-state index contributed by atoms with van der Waals surface area (Å²) in [5.74, 6) is -1.81. The van der Waals surface area contributed by atoms with Gasteiger partial charge in [-0.15, -0.1) is 0 Å². The Kier molecular flexibility index (Phi) is 6.09. The number of pyridine rings is 1. The van der Waals surface area contributed by atoms with E-state index < -0.39 is 22.7 Å². The summed E-state index contributed by atoms with van der Waals surface area (Å²) < 4.78 is 1.64. The number of carbonyl (C=O) groups excluding carboxylic acids is 2. The number of hydrogen-bond donors (Lipinski definition) is 3. The zero-order chi connectivity index (χ0) is 28.3. The maximum atomic E-state index is 13.0. The lowest BCUT2D eigenvalue weighted by Crippen LogP contribution is -2.36. The van der Waals surface area contributed by atoms with Crippen LogP contribution in [0.1, 0.15) is 67.1 Å². The lowest BCUT2D eigenvalue weighted by Gasteiger charge is -2.21. The van der Waals surface area contributed by atoms with E-state index in [1.165, 1.54) is 12.3 Å². The summed E-state index contributed by atoms with van der Waals surface area (Å²) in [4.78, 5) is 43.1. The summed E-state index contributed by atoms with van der Waals surface area (Å²) in [5.41, 5.74) is 7.80. The number of nitrogens with zero attached hydrogens (tertiary/aromatic N) is 5. The quantitative estimate of drug-likeness (QED) is 0.438. The monoisotopic (exact) mass is 529 g/mol. The van der Waals surface area contributed by atoms with Crippen molar-refractivity contribution in [1.82, 2.24) is 19.5 Å². The van der Waals surface area contributed by atoms with E-state index in [4.69, 9.17) is 5.73 Å². The maximum Gasteiger partial charge on any atom is 0.354 e. The van der Waals surface area contributed by atoms with E-state index >= 15 is 0 Å². The third-order valence-electron chi connectivity index (χ3n) is 7.64. The van der Waals surface area contributed by atoms with Gasteiger partial charge in [0.25, 0.3) is 5.91 Å². The highest BCUT2D eigenvalue weighted by Crippen LogP contribution is 2.47. The Hall–Kier alpha value is -4.46. The van der Waals surface area contributed by atoms with Crippen LogP contribution in [0.25, 0.3) is 16.6 Å². The van der Waals surface area contributed by atoms with Crippen molar-refractivity contribution in [2.75, 3.05) is 18.4 Å². The fourth-order valence-corrected chi connectivity index (χ4v) is 5.23. The van der Waals surface area contributed by atoms with Gasteiger partial charge in [-0.1, -0.05) is 33.8 Å². The normalized spacial score (nSPS) is 20.0. The zero-order valence-corrected chi connectivity index (χ0v) is 22.4. The van der Waals surface area contributed by atoms with Gasteiger partial charge in [0.1, 0.15) is 11.1 Å². The Balaban J connectivity index is 1.54. The van der Waals surface area contributed by atoms with E-state index in [1.54, 1.807) is 21.7 Å². The molecule has 0 radical (unpaired) electrons. The SMILES string of the molecule is C[C@H]1CN(C(=O)C2(C#N)CC2)C[C@H]1Nc1c(C(N)=O)cnn2cc(-c3ccc(C(=O)O)nc3C(C)(C)C)cc12. The molecule has 1 saturated carbocycles. The molecule has 4 heterocycles. The lowest BCUT2D eigenvalue weighted by atomic mass is 9.86. The van der Waals surface area contributed by atoms with Crippen LogP contribution in [0, 0.1) is 22.7 Å². The fraction of sp³-hybridized carbons (Fsp3) is 0.429. The van der Waals surface area contributed by atoms with Crippen molar-refractivity contribution >= 4 is 29.0 Å². The second-order valence-electron chi connectivity index (χ2n) is 11.6. The molecule has 0 bridgehead atoms. The van der Waals surface area contributed by atoms with Crippen LogP contribution in [0.15, 0.2) is 30.6 Å². The maximum absolute atomic E-state index is 13.0. The molecule has 2 fully saturated rings. The Morgan fingerprint density at radius 2 is 1.95 bits per heavy atom. The molecule has 39 heavy (non-hydrogen) atoms. The molecule has 2 atom stereocenters. The summed E-state index contributed by atoms with van der Waals surface area (Å²) in [6.45, 7) is 8.82. The highest BCUT2D eigenvalue weighted by molar-refractivity contribution is 6.02. The average molecular weight is 530 g/mol. The molecule has 1 aliphatic heterocycles. The van der Waals surface area contributed by atoms with E-state index in [0.717, 1.165) is 11.1 Å². The van der Waals surface area contributed by atoms with Crippen LogP contribution in [-0.4, -0.2) is 61.5 Å². The number of hydrogen-bond acceptors (Lipinski definition) is 7. The first kappa shape index (κ1) is 26.2. The summed E-state index contributed by atoms with van der Waals surface area (Å²) >= 11 is 0. The number of likely N-dealkylation sites (tertiary alicyclic amines) is 1. The van der Waals surface area contributed by atoms with Crippen molar-refractivity contribution in [2.45, 2.75) is 52.0 Å². The molecule has 4 N–H and O–H groups in total. The van der Waals surface area contributed by atoms with E-state index in [9.17, 15) is 24.8 Å². The van der Waals surface area contributed by atoms with Crippen LogP contribution in [0.5, 0.6) is 0 Å². The van der Waals surface area contributed by atoms with Crippen molar-refractivity contribution < 1.29 is 19.5 Å². The van der Waals surface area contributed by atoms with Crippen LogP contribution >= 0.6 is 0 Å². The number of aromatic nitrogens is 3. The molecule has 0 unspecified atom stereocenters. The first-order valence-electron chi connectivity index (χ1n) is 12.9. The number of anilines is 1. The summed E-state index contributed by atoms with van der Waals surface area (Å²) in [6.07, 6.45) is 4.40. The highest BCUT2D eigenvalue weighted by atomic mass is 16.4. The number of rotatable bonds is 6. The minimum absolute atomic E-state index is 0.0392. The first-order valence-corrected chi connectivity index (χ1v) is 12.9. The van der Waals surface area contributed by atoms with Crippen LogP contribution < -0.4 is 11.1 Å². The number of carbonyl (C=O) groups is 3. The molecule has 0 aromatic carbocycles. The molecule has 2 aliphatic rings. The topological polar surface area (TPSA) is 167 Å². The molecular formula is C28H31N7O4.